The van der Waals surface area contributed by atoms with Crippen molar-refractivity contribution < 1.29 is 8.42 Å². The number of benzene rings is 1. The van der Waals surface area contributed by atoms with E-state index in [-0.39, 0.29) is 10.9 Å². The first-order chi connectivity index (χ1) is 7.41. The van der Waals surface area contributed by atoms with E-state index >= 15 is 0 Å². The van der Waals surface area contributed by atoms with Crippen LogP contribution in [0.3, 0.4) is 0 Å². The van der Waals surface area contributed by atoms with E-state index < -0.39 is 10.0 Å². The zero-order valence-corrected chi connectivity index (χ0v) is 11.6. The van der Waals surface area contributed by atoms with E-state index in [0.29, 0.717) is 11.0 Å². The summed E-state index contributed by atoms with van der Waals surface area (Å²) in [6.45, 7) is 2.06. The minimum atomic E-state index is -3.47. The van der Waals surface area contributed by atoms with Crippen LogP contribution in [-0.2, 0) is 10.0 Å². The second kappa shape index (κ2) is 5.27. The molecule has 0 aliphatic carbocycles. The molecule has 0 saturated heterocycles. The first kappa shape index (κ1) is 13.6. The van der Waals surface area contributed by atoms with Gasteiger partial charge in [0.05, 0.1) is 4.90 Å². The van der Waals surface area contributed by atoms with Gasteiger partial charge in [-0.05, 0) is 35.0 Å². The number of rotatable bonds is 4. The molecule has 1 rings (SSSR count). The molecule has 6 heteroatoms. The lowest BCUT2D eigenvalue weighted by Gasteiger charge is -2.23. The van der Waals surface area contributed by atoms with Crippen LogP contribution in [0.25, 0.3) is 0 Å². The van der Waals surface area contributed by atoms with Crippen molar-refractivity contribution in [3.05, 3.63) is 28.7 Å². The number of hydrogen-bond donors (Lipinski definition) is 1. The Labute approximate surface area is 105 Å². The molecule has 0 amide bonds. The van der Waals surface area contributed by atoms with Gasteiger partial charge in [0.15, 0.2) is 0 Å². The molecule has 2 N–H and O–H groups in total. The Hall–Kier alpha value is -0.430. The molecule has 0 heterocycles. The van der Waals surface area contributed by atoms with Gasteiger partial charge in [-0.1, -0.05) is 12.1 Å². The second-order valence-corrected chi connectivity index (χ2v) is 6.36. The summed E-state index contributed by atoms with van der Waals surface area (Å²) in [7, 11) is -1.94. The van der Waals surface area contributed by atoms with E-state index in [0.717, 1.165) is 0 Å². The lowest BCUT2D eigenvalue weighted by molar-refractivity contribution is 0.394. The SMILES string of the molecule is CC(CN)N(C)S(=O)(=O)c1ccccc1Br. The molecule has 16 heavy (non-hydrogen) atoms. The molecule has 0 aromatic heterocycles. The normalized spacial score (nSPS) is 14.1. The first-order valence-electron chi connectivity index (χ1n) is 4.84. The maximum absolute atomic E-state index is 12.2. The van der Waals surface area contributed by atoms with Gasteiger partial charge in [-0.25, -0.2) is 8.42 Å². The summed E-state index contributed by atoms with van der Waals surface area (Å²) in [6.07, 6.45) is 0. The average Bonchev–Trinajstić information content (AvgIpc) is 2.27. The van der Waals surface area contributed by atoms with Crippen molar-refractivity contribution in [2.45, 2.75) is 17.9 Å². The van der Waals surface area contributed by atoms with E-state index in [1.165, 1.54) is 11.4 Å². The molecular weight excluding hydrogens is 292 g/mol. The van der Waals surface area contributed by atoms with E-state index in [9.17, 15) is 8.42 Å². The smallest absolute Gasteiger partial charge is 0.244 e. The fourth-order valence-electron chi connectivity index (χ4n) is 1.19. The predicted octanol–water partition coefficient (Wildman–Crippen LogP) is 1.42. The van der Waals surface area contributed by atoms with Crippen LogP contribution in [-0.4, -0.2) is 32.4 Å². The third-order valence-corrected chi connectivity index (χ3v) is 5.44. The number of nitrogens with zero attached hydrogens (tertiary/aromatic N) is 1. The standard InChI is InChI=1S/C10H15BrN2O2S/c1-8(7-12)13(2)16(14,15)10-6-4-3-5-9(10)11/h3-6,8H,7,12H2,1-2H3. The van der Waals surface area contributed by atoms with Crippen molar-refractivity contribution in [2.24, 2.45) is 5.73 Å². The second-order valence-electron chi connectivity index (χ2n) is 3.54. The van der Waals surface area contributed by atoms with Crippen LogP contribution in [0, 0.1) is 0 Å². The number of sulfonamides is 1. The van der Waals surface area contributed by atoms with Crippen LogP contribution < -0.4 is 5.73 Å². The lowest BCUT2D eigenvalue weighted by atomic mass is 10.4. The summed E-state index contributed by atoms with van der Waals surface area (Å²) in [4.78, 5) is 0.262. The number of nitrogens with two attached hydrogens (primary N) is 1. The first-order valence-corrected chi connectivity index (χ1v) is 7.07. The maximum Gasteiger partial charge on any atom is 0.244 e. The summed E-state index contributed by atoms with van der Waals surface area (Å²) in [5.41, 5.74) is 5.47. The number of halogens is 1. The van der Waals surface area contributed by atoms with Gasteiger partial charge in [0.2, 0.25) is 10.0 Å². The fraction of sp³-hybridized carbons (Fsp3) is 0.400. The quantitative estimate of drug-likeness (QED) is 0.915. The van der Waals surface area contributed by atoms with Crippen LogP contribution >= 0.6 is 15.9 Å². The van der Waals surface area contributed by atoms with Gasteiger partial charge >= 0.3 is 0 Å². The molecular formula is C10H15BrN2O2S. The zero-order valence-electron chi connectivity index (χ0n) is 9.22. The summed E-state index contributed by atoms with van der Waals surface area (Å²) < 4.78 is 26.2. The van der Waals surface area contributed by atoms with E-state index in [1.54, 1.807) is 31.2 Å². The summed E-state index contributed by atoms with van der Waals surface area (Å²) in [6, 6.07) is 6.51. The molecule has 1 aromatic carbocycles. The highest BCUT2D eigenvalue weighted by Crippen LogP contribution is 2.24. The van der Waals surface area contributed by atoms with Gasteiger partial charge in [-0.15, -0.1) is 0 Å². The molecule has 4 nitrogen and oxygen atoms in total. The Balaban J connectivity index is 3.17. The molecule has 0 aliphatic rings. The highest BCUT2D eigenvalue weighted by molar-refractivity contribution is 9.10. The van der Waals surface area contributed by atoms with Gasteiger partial charge < -0.3 is 5.73 Å². The molecule has 0 fully saturated rings. The highest BCUT2D eigenvalue weighted by Gasteiger charge is 2.26. The summed E-state index contributed by atoms with van der Waals surface area (Å²) >= 11 is 3.23. The third-order valence-electron chi connectivity index (χ3n) is 2.46. The van der Waals surface area contributed by atoms with E-state index in [2.05, 4.69) is 15.9 Å². The van der Waals surface area contributed by atoms with Gasteiger partial charge in [-0.2, -0.15) is 4.31 Å². The van der Waals surface area contributed by atoms with Crippen LogP contribution in [0.5, 0.6) is 0 Å². The van der Waals surface area contributed by atoms with E-state index in [1.807, 2.05) is 0 Å². The fourth-order valence-corrected chi connectivity index (χ4v) is 3.53. The Morgan fingerprint density at radius 2 is 2.00 bits per heavy atom. The van der Waals surface area contributed by atoms with Crippen LogP contribution in [0.4, 0.5) is 0 Å². The minimum Gasteiger partial charge on any atom is -0.329 e. The van der Waals surface area contributed by atoms with Crippen molar-refractivity contribution in [1.29, 1.82) is 0 Å². The Morgan fingerprint density at radius 3 is 2.50 bits per heavy atom. The summed E-state index contributed by atoms with van der Waals surface area (Å²) in [5.74, 6) is 0. The molecule has 0 radical (unpaired) electrons. The molecule has 0 spiro atoms. The Kier molecular flexibility index (Phi) is 4.49. The molecule has 1 aromatic rings. The molecule has 0 saturated carbocycles. The van der Waals surface area contributed by atoms with Gasteiger partial charge in [0.1, 0.15) is 0 Å². The Bertz CT molecular complexity index is 462. The molecule has 90 valence electrons. The topological polar surface area (TPSA) is 63.4 Å². The van der Waals surface area contributed by atoms with Crippen molar-refractivity contribution >= 4 is 26.0 Å². The maximum atomic E-state index is 12.2. The van der Waals surface area contributed by atoms with Gasteiger partial charge in [-0.3, -0.25) is 0 Å². The van der Waals surface area contributed by atoms with Crippen LogP contribution in [0.1, 0.15) is 6.92 Å². The number of likely N-dealkylation sites (N-methyl/N-ethyl adjacent to an activating group) is 1. The zero-order chi connectivity index (χ0) is 12.3. The number of hydrogen-bond acceptors (Lipinski definition) is 3. The van der Waals surface area contributed by atoms with Gasteiger partial charge in [0, 0.05) is 24.1 Å². The molecule has 1 unspecified atom stereocenters. The van der Waals surface area contributed by atoms with E-state index in [4.69, 9.17) is 5.73 Å². The van der Waals surface area contributed by atoms with Crippen molar-refractivity contribution in [3.8, 4) is 0 Å². The lowest BCUT2D eigenvalue weighted by Crippen LogP contribution is -2.39. The Morgan fingerprint density at radius 1 is 1.44 bits per heavy atom. The van der Waals surface area contributed by atoms with Gasteiger partial charge in [0.25, 0.3) is 0 Å². The third kappa shape index (κ3) is 2.63. The molecule has 0 bridgehead atoms. The van der Waals surface area contributed by atoms with Crippen molar-refractivity contribution in [3.63, 3.8) is 0 Å². The predicted molar refractivity (Wildman–Crippen MR) is 67.6 cm³/mol. The molecule has 1 atom stereocenters. The van der Waals surface area contributed by atoms with Crippen LogP contribution in [0.15, 0.2) is 33.6 Å². The minimum absolute atomic E-state index is 0.225. The van der Waals surface area contributed by atoms with Crippen molar-refractivity contribution in [2.75, 3.05) is 13.6 Å². The molecule has 0 aliphatic heterocycles. The average molecular weight is 307 g/mol. The largest absolute Gasteiger partial charge is 0.329 e. The monoisotopic (exact) mass is 306 g/mol. The van der Waals surface area contributed by atoms with Crippen LogP contribution in [0.2, 0.25) is 0 Å². The summed E-state index contributed by atoms with van der Waals surface area (Å²) in [5, 5.41) is 0. The van der Waals surface area contributed by atoms with Crippen molar-refractivity contribution in [1.82, 2.24) is 4.31 Å². The highest BCUT2D eigenvalue weighted by atomic mass is 79.9.